The van der Waals surface area contributed by atoms with Crippen molar-refractivity contribution in [2.75, 3.05) is 13.1 Å². The number of rotatable bonds is 4. The van der Waals surface area contributed by atoms with Gasteiger partial charge in [-0.05, 0) is 13.0 Å². The summed E-state index contributed by atoms with van der Waals surface area (Å²) in [5.41, 5.74) is 3.63. The Morgan fingerprint density at radius 3 is 2.38 bits per heavy atom. The molecule has 0 aromatic rings. The topological polar surface area (TPSA) is 96.9 Å². The number of carboxylic acid groups (broad SMARTS) is 1. The van der Waals surface area contributed by atoms with E-state index in [0.717, 1.165) is 19.9 Å². The van der Waals surface area contributed by atoms with Gasteiger partial charge in [-0.2, -0.15) is 0 Å². The smallest absolute Gasteiger partial charge is 0.243 e. The molecule has 76 valence electrons. The van der Waals surface area contributed by atoms with Gasteiger partial charge < -0.3 is 21.0 Å². The van der Waals surface area contributed by atoms with Crippen LogP contribution in [0.4, 0.5) is 0 Å². The van der Waals surface area contributed by atoms with Crippen molar-refractivity contribution >= 4 is 11.9 Å². The summed E-state index contributed by atoms with van der Waals surface area (Å²) < 4.78 is 0. The first-order valence-corrected chi connectivity index (χ1v) is 3.91. The molecule has 0 aromatic heterocycles. The lowest BCUT2D eigenvalue weighted by molar-refractivity contribution is -0.367. The van der Waals surface area contributed by atoms with Gasteiger partial charge in [-0.25, -0.2) is 0 Å². The molecular weight excluding hydrogens is 172 g/mol. The summed E-state index contributed by atoms with van der Waals surface area (Å²) in [6, 6.07) is 0. The Kier molecular flexibility index (Phi) is 11.6. The predicted octanol–water partition coefficient (Wildman–Crippen LogP) is -2.32. The van der Waals surface area contributed by atoms with Crippen LogP contribution in [0.3, 0.4) is 0 Å². The molecule has 0 aliphatic heterocycles. The Hall–Kier alpha value is -1.36. The molecule has 0 radical (unpaired) electrons. The van der Waals surface area contributed by atoms with Crippen LogP contribution in [0.25, 0.3) is 0 Å². The summed E-state index contributed by atoms with van der Waals surface area (Å²) in [6.45, 7) is 5.85. The lowest BCUT2D eigenvalue weighted by atomic mass is 10.4. The van der Waals surface area contributed by atoms with Crippen molar-refractivity contribution in [3.05, 3.63) is 12.7 Å². The van der Waals surface area contributed by atoms with Crippen molar-refractivity contribution in [3.8, 4) is 0 Å². The van der Waals surface area contributed by atoms with E-state index in [1.54, 1.807) is 0 Å². The maximum Gasteiger partial charge on any atom is 0.243 e. The van der Waals surface area contributed by atoms with Crippen LogP contribution in [-0.4, -0.2) is 25.0 Å². The van der Waals surface area contributed by atoms with E-state index in [1.165, 1.54) is 6.08 Å². The van der Waals surface area contributed by atoms with Gasteiger partial charge in [0, 0.05) is 18.9 Å². The number of carboxylic acids is 1. The van der Waals surface area contributed by atoms with Gasteiger partial charge in [0.1, 0.15) is 0 Å². The molecule has 0 aromatic carbocycles. The highest BCUT2D eigenvalue weighted by atomic mass is 16.4. The second kappa shape index (κ2) is 10.6. The first-order valence-electron chi connectivity index (χ1n) is 3.91. The highest BCUT2D eigenvalue weighted by Crippen LogP contribution is 1.69. The second-order valence-corrected chi connectivity index (χ2v) is 2.19. The first kappa shape index (κ1) is 14.2. The van der Waals surface area contributed by atoms with Gasteiger partial charge >= 0.3 is 0 Å². The number of carbonyl (C=O) groups excluding carboxylic acids is 2. The molecule has 0 saturated carbocycles. The number of hydrogen-bond acceptors (Lipinski definition) is 3. The van der Waals surface area contributed by atoms with E-state index in [0.29, 0.717) is 6.54 Å². The summed E-state index contributed by atoms with van der Waals surface area (Å²) >= 11 is 0. The summed E-state index contributed by atoms with van der Waals surface area (Å²) in [7, 11) is 0. The first-order chi connectivity index (χ1) is 6.04. The van der Waals surface area contributed by atoms with Crippen molar-refractivity contribution in [1.29, 1.82) is 0 Å². The summed E-state index contributed by atoms with van der Waals surface area (Å²) in [4.78, 5) is 19.3. The van der Waals surface area contributed by atoms with Crippen LogP contribution >= 0.6 is 0 Å². The monoisotopic (exact) mass is 188 g/mol. The molecular formula is C8H16N2O3. The Morgan fingerprint density at radius 2 is 2.08 bits per heavy atom. The van der Waals surface area contributed by atoms with Crippen molar-refractivity contribution in [2.45, 2.75) is 13.3 Å². The van der Waals surface area contributed by atoms with Crippen LogP contribution in [-0.2, 0) is 9.59 Å². The molecule has 0 spiro atoms. The van der Waals surface area contributed by atoms with Crippen molar-refractivity contribution in [2.24, 2.45) is 0 Å². The fraction of sp³-hybridized carbons (Fsp3) is 0.500. The molecule has 0 heterocycles. The van der Waals surface area contributed by atoms with Crippen LogP contribution in [0.2, 0.25) is 0 Å². The third-order valence-corrected chi connectivity index (χ3v) is 0.911. The van der Waals surface area contributed by atoms with Gasteiger partial charge in [-0.1, -0.05) is 6.58 Å². The number of quaternary nitrogens is 1. The minimum absolute atomic E-state index is 0.108. The van der Waals surface area contributed by atoms with E-state index < -0.39 is 5.97 Å². The molecule has 4 N–H and O–H groups in total. The molecule has 13 heavy (non-hydrogen) atoms. The molecule has 0 aliphatic rings. The van der Waals surface area contributed by atoms with E-state index >= 15 is 0 Å². The lowest BCUT2D eigenvalue weighted by Crippen LogP contribution is -2.51. The van der Waals surface area contributed by atoms with Crippen molar-refractivity contribution in [3.63, 3.8) is 0 Å². The highest BCUT2D eigenvalue weighted by Gasteiger charge is 1.90. The van der Waals surface area contributed by atoms with Crippen LogP contribution in [0.15, 0.2) is 12.7 Å². The van der Waals surface area contributed by atoms with Crippen LogP contribution in [0.5, 0.6) is 0 Å². The molecule has 0 fully saturated rings. The van der Waals surface area contributed by atoms with Crippen molar-refractivity contribution < 1.29 is 20.4 Å². The lowest BCUT2D eigenvalue weighted by Gasteiger charge is -1.96. The van der Waals surface area contributed by atoms with Crippen LogP contribution in [0.1, 0.15) is 13.3 Å². The van der Waals surface area contributed by atoms with Crippen molar-refractivity contribution in [1.82, 2.24) is 5.32 Å². The summed E-state index contributed by atoms with van der Waals surface area (Å²) in [5.74, 6) is -1.19. The zero-order valence-corrected chi connectivity index (χ0v) is 7.84. The van der Waals surface area contributed by atoms with Crippen LogP contribution in [0, 0.1) is 0 Å². The molecule has 0 atom stereocenters. The Balaban J connectivity index is 0. The second-order valence-electron chi connectivity index (χ2n) is 2.19. The number of amides is 1. The summed E-state index contributed by atoms with van der Waals surface area (Å²) in [5, 5.41) is 11.5. The molecule has 0 aliphatic carbocycles. The van der Waals surface area contributed by atoms with Gasteiger partial charge in [-0.15, -0.1) is 0 Å². The van der Waals surface area contributed by atoms with Gasteiger partial charge in [0.05, 0.1) is 6.54 Å². The van der Waals surface area contributed by atoms with Gasteiger partial charge in [-0.3, -0.25) is 4.79 Å². The molecule has 5 nitrogen and oxygen atoms in total. The van der Waals surface area contributed by atoms with E-state index in [1.807, 2.05) is 0 Å². The number of carbonyl (C=O) groups is 2. The Labute approximate surface area is 77.6 Å². The third-order valence-electron chi connectivity index (χ3n) is 0.911. The average molecular weight is 188 g/mol. The van der Waals surface area contributed by atoms with Gasteiger partial charge in [0.2, 0.25) is 5.91 Å². The molecule has 5 heteroatoms. The normalized spacial score (nSPS) is 7.85. The Morgan fingerprint density at radius 1 is 1.62 bits per heavy atom. The Bertz CT molecular complexity index is 165. The fourth-order valence-electron chi connectivity index (χ4n) is 0.409. The van der Waals surface area contributed by atoms with E-state index in [4.69, 9.17) is 9.90 Å². The van der Waals surface area contributed by atoms with E-state index in [2.05, 4.69) is 17.6 Å². The highest BCUT2D eigenvalue weighted by molar-refractivity contribution is 5.86. The SMILES string of the molecule is C=CC(=O)NCCC[NH3+].CC(=O)[O-]. The van der Waals surface area contributed by atoms with E-state index in [-0.39, 0.29) is 5.91 Å². The summed E-state index contributed by atoms with van der Waals surface area (Å²) in [6.07, 6.45) is 2.20. The predicted molar refractivity (Wildman–Crippen MR) is 46.3 cm³/mol. The quantitative estimate of drug-likeness (QED) is 0.382. The maximum atomic E-state index is 10.4. The number of nitrogens with one attached hydrogen (secondary N) is 1. The molecule has 0 unspecified atom stereocenters. The molecule has 0 rings (SSSR count). The number of hydrogen-bond donors (Lipinski definition) is 2. The fourth-order valence-corrected chi connectivity index (χ4v) is 0.409. The average Bonchev–Trinajstić information content (AvgIpc) is 2.03. The molecule has 0 saturated heterocycles. The minimum Gasteiger partial charge on any atom is -0.550 e. The molecule has 1 amide bonds. The van der Waals surface area contributed by atoms with E-state index in [9.17, 15) is 4.79 Å². The van der Waals surface area contributed by atoms with Gasteiger partial charge in [0.15, 0.2) is 0 Å². The number of aliphatic carboxylic acids is 1. The third kappa shape index (κ3) is 25.0. The zero-order chi connectivity index (χ0) is 10.7. The minimum atomic E-state index is -1.08. The molecule has 0 bridgehead atoms. The van der Waals surface area contributed by atoms with Crippen LogP contribution < -0.4 is 16.2 Å². The zero-order valence-electron chi connectivity index (χ0n) is 7.84. The van der Waals surface area contributed by atoms with Gasteiger partial charge in [0.25, 0.3) is 0 Å². The standard InChI is InChI=1S/C6H12N2O.C2H4O2/c1-2-6(9)8-5-3-4-7;1-2(3)4/h2H,1,3-5,7H2,(H,8,9);1H3,(H,3,4). The maximum absolute atomic E-state index is 10.4. The largest absolute Gasteiger partial charge is 0.550 e.